The number of anilines is 1. The monoisotopic (exact) mass is 267 g/mol. The smallest absolute Gasteiger partial charge is 0.296 e. The standard InChI is InChI=1S/C16H15BClN/c18-13-17-11-10-15-8-4-5-9-16(15)19(17)12-14-6-2-1-3-7-14/h1-11H,12-13H2. The van der Waals surface area contributed by atoms with Crippen molar-refractivity contribution < 1.29 is 0 Å². The molecule has 0 saturated carbocycles. The zero-order valence-electron chi connectivity index (χ0n) is 10.7. The van der Waals surface area contributed by atoms with E-state index in [0.29, 0.717) is 5.78 Å². The summed E-state index contributed by atoms with van der Waals surface area (Å²) in [5.74, 6) is 2.80. The molecule has 0 aliphatic carbocycles. The fourth-order valence-electron chi connectivity index (χ4n) is 2.50. The van der Waals surface area contributed by atoms with E-state index >= 15 is 0 Å². The van der Waals surface area contributed by atoms with Crippen LogP contribution in [0.3, 0.4) is 0 Å². The number of benzene rings is 2. The lowest BCUT2D eigenvalue weighted by molar-refractivity contribution is 1.02. The van der Waals surface area contributed by atoms with Gasteiger partial charge in [-0.1, -0.05) is 60.6 Å². The lowest BCUT2D eigenvalue weighted by Crippen LogP contribution is -2.41. The molecule has 1 aliphatic heterocycles. The molecule has 19 heavy (non-hydrogen) atoms. The third-order valence-electron chi connectivity index (χ3n) is 3.50. The molecule has 0 aromatic heterocycles. The minimum Gasteiger partial charge on any atom is -0.406 e. The topological polar surface area (TPSA) is 3.24 Å². The highest BCUT2D eigenvalue weighted by Gasteiger charge is 2.25. The van der Waals surface area contributed by atoms with Crippen molar-refractivity contribution >= 4 is 30.2 Å². The Balaban J connectivity index is 1.95. The Morgan fingerprint density at radius 3 is 2.47 bits per heavy atom. The van der Waals surface area contributed by atoms with E-state index in [1.807, 2.05) is 6.07 Å². The Morgan fingerprint density at radius 1 is 0.947 bits per heavy atom. The van der Waals surface area contributed by atoms with Crippen molar-refractivity contribution in [1.29, 1.82) is 0 Å². The summed E-state index contributed by atoms with van der Waals surface area (Å²) in [4.78, 5) is 2.37. The average Bonchev–Trinajstić information content (AvgIpc) is 2.49. The van der Waals surface area contributed by atoms with Crippen molar-refractivity contribution in [3.05, 3.63) is 71.7 Å². The molecule has 0 amide bonds. The van der Waals surface area contributed by atoms with E-state index in [9.17, 15) is 0 Å². The highest BCUT2D eigenvalue weighted by atomic mass is 35.5. The highest BCUT2D eigenvalue weighted by molar-refractivity contribution is 6.76. The van der Waals surface area contributed by atoms with E-state index < -0.39 is 0 Å². The van der Waals surface area contributed by atoms with E-state index in [4.69, 9.17) is 11.6 Å². The summed E-state index contributed by atoms with van der Waals surface area (Å²) < 4.78 is 0. The van der Waals surface area contributed by atoms with Gasteiger partial charge in [-0.15, -0.1) is 11.6 Å². The van der Waals surface area contributed by atoms with Gasteiger partial charge in [-0.25, -0.2) is 0 Å². The van der Waals surface area contributed by atoms with Crippen LogP contribution in [0, 0.1) is 0 Å². The van der Waals surface area contributed by atoms with Gasteiger partial charge < -0.3 is 4.81 Å². The number of rotatable bonds is 3. The molecule has 0 atom stereocenters. The summed E-state index contributed by atoms with van der Waals surface area (Å²) in [6.45, 7) is 1.15. The van der Waals surface area contributed by atoms with Gasteiger partial charge in [0.05, 0.1) is 0 Å². The highest BCUT2D eigenvalue weighted by Crippen LogP contribution is 2.29. The van der Waals surface area contributed by atoms with Crippen LogP contribution in [0.5, 0.6) is 0 Å². The fourth-order valence-corrected chi connectivity index (χ4v) is 2.77. The predicted octanol–water partition coefficient (Wildman–Crippen LogP) is 4.03. The van der Waals surface area contributed by atoms with Crippen molar-refractivity contribution in [2.24, 2.45) is 0 Å². The first kappa shape index (κ1) is 12.4. The first-order chi connectivity index (χ1) is 9.38. The zero-order chi connectivity index (χ0) is 13.1. The summed E-state index contributed by atoms with van der Waals surface area (Å²) in [5.41, 5.74) is 3.84. The van der Waals surface area contributed by atoms with Crippen LogP contribution in [0.4, 0.5) is 5.69 Å². The Labute approximate surface area is 119 Å². The third kappa shape index (κ3) is 2.54. The maximum Gasteiger partial charge on any atom is 0.296 e. The molecule has 0 fully saturated rings. The first-order valence-electron chi connectivity index (χ1n) is 6.52. The lowest BCUT2D eigenvalue weighted by atomic mass is 9.60. The van der Waals surface area contributed by atoms with Gasteiger partial charge in [0.15, 0.2) is 0 Å². The summed E-state index contributed by atoms with van der Waals surface area (Å²) in [5, 5.41) is 0. The molecule has 1 aliphatic rings. The molecule has 94 valence electrons. The maximum absolute atomic E-state index is 6.11. The largest absolute Gasteiger partial charge is 0.406 e. The second-order valence-corrected chi connectivity index (χ2v) is 5.06. The summed E-state index contributed by atoms with van der Waals surface area (Å²) in [6.07, 6.45) is 2.17. The molecule has 0 unspecified atom stereocenters. The van der Waals surface area contributed by atoms with Crippen LogP contribution >= 0.6 is 11.6 Å². The van der Waals surface area contributed by atoms with Crippen LogP contribution in [0.25, 0.3) is 6.08 Å². The summed E-state index contributed by atoms with van der Waals surface area (Å²) in [7, 11) is 0. The minimum absolute atomic E-state index is 0.261. The van der Waals surface area contributed by atoms with Crippen molar-refractivity contribution in [3.8, 4) is 0 Å². The predicted molar refractivity (Wildman–Crippen MR) is 84.6 cm³/mol. The van der Waals surface area contributed by atoms with E-state index in [1.165, 1.54) is 16.8 Å². The zero-order valence-corrected chi connectivity index (χ0v) is 11.4. The third-order valence-corrected chi connectivity index (χ3v) is 3.81. The summed E-state index contributed by atoms with van der Waals surface area (Å²) >= 11 is 6.11. The molecule has 2 aromatic carbocycles. The molecule has 0 radical (unpaired) electrons. The van der Waals surface area contributed by atoms with Gasteiger partial charge in [0, 0.05) is 18.0 Å². The van der Waals surface area contributed by atoms with Crippen molar-refractivity contribution in [2.45, 2.75) is 6.54 Å². The van der Waals surface area contributed by atoms with Crippen molar-refractivity contribution in [2.75, 3.05) is 10.6 Å². The van der Waals surface area contributed by atoms with Gasteiger partial charge in [0.2, 0.25) is 0 Å². The van der Waals surface area contributed by atoms with Crippen molar-refractivity contribution in [3.63, 3.8) is 0 Å². The van der Waals surface area contributed by atoms with Gasteiger partial charge in [-0.2, -0.15) is 0 Å². The number of hydrogen-bond donors (Lipinski definition) is 0. The summed E-state index contributed by atoms with van der Waals surface area (Å²) in [6, 6.07) is 19.0. The molecule has 1 heterocycles. The molecule has 0 N–H and O–H groups in total. The van der Waals surface area contributed by atoms with Gasteiger partial charge >= 0.3 is 0 Å². The van der Waals surface area contributed by atoms with E-state index in [2.05, 4.69) is 65.4 Å². The number of nitrogens with zero attached hydrogens (tertiary/aromatic N) is 1. The fraction of sp³-hybridized carbons (Fsp3) is 0.125. The minimum atomic E-state index is 0.261. The van der Waals surface area contributed by atoms with Gasteiger partial charge in [-0.3, -0.25) is 0 Å². The average molecular weight is 268 g/mol. The second kappa shape index (κ2) is 5.54. The number of hydrogen-bond acceptors (Lipinski definition) is 1. The Bertz CT molecular complexity index is 582. The Morgan fingerprint density at radius 2 is 1.68 bits per heavy atom. The molecule has 1 nitrogen and oxygen atoms in total. The SMILES string of the molecule is ClCB1C=Cc2ccccc2N1Cc1ccccc1. The Kier molecular flexibility index (Phi) is 3.61. The van der Waals surface area contributed by atoms with Gasteiger partial charge in [0.1, 0.15) is 0 Å². The van der Waals surface area contributed by atoms with E-state index in [0.717, 1.165) is 6.54 Å². The van der Waals surface area contributed by atoms with Gasteiger partial charge in [-0.05, 0) is 17.2 Å². The quantitative estimate of drug-likeness (QED) is 0.599. The van der Waals surface area contributed by atoms with Crippen LogP contribution in [-0.4, -0.2) is 12.6 Å². The van der Waals surface area contributed by atoms with Crippen LogP contribution in [0.1, 0.15) is 11.1 Å². The molecule has 2 aromatic rings. The number of alkyl halides is 1. The number of para-hydroxylation sites is 1. The van der Waals surface area contributed by atoms with Crippen molar-refractivity contribution in [1.82, 2.24) is 0 Å². The maximum atomic E-state index is 6.11. The molecule has 0 bridgehead atoms. The lowest BCUT2D eigenvalue weighted by Gasteiger charge is -2.33. The van der Waals surface area contributed by atoms with Crippen LogP contribution < -0.4 is 4.81 Å². The number of fused-ring (bicyclic) bond motifs is 1. The van der Waals surface area contributed by atoms with Crippen LogP contribution in [-0.2, 0) is 6.54 Å². The molecular weight excluding hydrogens is 252 g/mol. The molecule has 3 heteroatoms. The normalized spacial score (nSPS) is 13.5. The molecule has 3 rings (SSSR count). The van der Waals surface area contributed by atoms with E-state index in [-0.39, 0.29) is 6.85 Å². The van der Waals surface area contributed by atoms with Crippen LogP contribution in [0.15, 0.2) is 60.6 Å². The Hall–Kier alpha value is -1.67. The van der Waals surface area contributed by atoms with E-state index in [1.54, 1.807) is 0 Å². The molecular formula is C16H15BClN. The first-order valence-corrected chi connectivity index (χ1v) is 7.05. The van der Waals surface area contributed by atoms with Crippen LogP contribution in [0.2, 0.25) is 0 Å². The molecule has 0 spiro atoms. The second-order valence-electron chi connectivity index (χ2n) is 4.75. The molecule has 0 saturated heterocycles. The van der Waals surface area contributed by atoms with Gasteiger partial charge in [0.25, 0.3) is 6.85 Å². The number of halogens is 1.